The van der Waals surface area contributed by atoms with E-state index in [1.807, 2.05) is 13.8 Å². The van der Waals surface area contributed by atoms with Crippen LogP contribution in [0.1, 0.15) is 47.7 Å². The number of hydrogen-bond acceptors (Lipinski definition) is 10. The van der Waals surface area contributed by atoms with Gasteiger partial charge >= 0.3 is 5.97 Å². The van der Waals surface area contributed by atoms with Crippen molar-refractivity contribution in [1.29, 1.82) is 0 Å². The lowest BCUT2D eigenvalue weighted by atomic mass is 9.85. The van der Waals surface area contributed by atoms with Crippen molar-refractivity contribution in [2.75, 3.05) is 42.2 Å². The molecule has 0 saturated heterocycles. The number of hydrogen-bond donors (Lipinski definition) is 3. The zero-order valence-corrected chi connectivity index (χ0v) is 24.8. The molecule has 3 aromatic rings. The van der Waals surface area contributed by atoms with Gasteiger partial charge in [0.2, 0.25) is 11.5 Å². The number of phenols is 1. The molecule has 0 fully saturated rings. The van der Waals surface area contributed by atoms with Crippen LogP contribution in [0.2, 0.25) is 0 Å². The zero-order valence-electron chi connectivity index (χ0n) is 24.8. The molecule has 42 heavy (non-hydrogen) atoms. The fraction of sp³-hybridized carbons (Fsp3) is 0.387. The Morgan fingerprint density at radius 3 is 1.74 bits per heavy atom. The lowest BCUT2D eigenvalue weighted by molar-refractivity contribution is 0.0694. The molecule has 3 N–H and O–H groups in total. The molecule has 228 valence electrons. The van der Waals surface area contributed by atoms with Crippen LogP contribution in [0.5, 0.6) is 46.0 Å². The first-order valence-corrected chi connectivity index (χ1v) is 13.2. The molecule has 3 aromatic carbocycles. The smallest absolute Gasteiger partial charge is 0.335 e. The van der Waals surface area contributed by atoms with Crippen molar-refractivity contribution in [3.8, 4) is 46.0 Å². The number of carbonyl (C=O) groups is 1. The molecular formula is C31H38O11. The molecule has 2 unspecified atom stereocenters. The Bertz CT molecular complexity index is 1320. The predicted octanol–water partition coefficient (Wildman–Crippen LogP) is 4.88. The molecule has 0 spiro atoms. The number of methoxy groups -OCH3 is 5. The summed E-state index contributed by atoms with van der Waals surface area (Å²) in [6.07, 6.45) is -0.449. The second kappa shape index (κ2) is 14.4. The Kier molecular flexibility index (Phi) is 11.0. The van der Waals surface area contributed by atoms with Gasteiger partial charge in [0.05, 0.1) is 59.7 Å². The molecule has 11 nitrogen and oxygen atoms in total. The van der Waals surface area contributed by atoms with Crippen LogP contribution in [0.3, 0.4) is 0 Å². The summed E-state index contributed by atoms with van der Waals surface area (Å²) in [5.41, 5.74) is 0.834. The fourth-order valence-corrected chi connectivity index (χ4v) is 4.51. The van der Waals surface area contributed by atoms with E-state index < -0.39 is 24.6 Å². The van der Waals surface area contributed by atoms with Crippen molar-refractivity contribution < 1.29 is 53.3 Å². The number of aliphatic hydroxyl groups excluding tert-OH is 1. The third kappa shape index (κ3) is 6.68. The van der Waals surface area contributed by atoms with E-state index in [1.54, 1.807) is 30.3 Å². The van der Waals surface area contributed by atoms with Gasteiger partial charge in [-0.1, -0.05) is 19.1 Å². The van der Waals surface area contributed by atoms with Gasteiger partial charge in [-0.05, 0) is 49.2 Å². The van der Waals surface area contributed by atoms with E-state index in [2.05, 4.69) is 0 Å². The van der Waals surface area contributed by atoms with Crippen molar-refractivity contribution in [2.45, 2.75) is 38.4 Å². The summed E-state index contributed by atoms with van der Waals surface area (Å²) in [7, 11) is 7.15. The average molecular weight is 587 g/mol. The van der Waals surface area contributed by atoms with E-state index in [0.717, 1.165) is 6.42 Å². The maximum Gasteiger partial charge on any atom is 0.335 e. The standard InChI is InChI=1S/C31H38O11/c1-8-17(2)41-29-22(37-4)12-18(13-23(29)38-5)27(20-10-9-11-21(36-3)28(20)33)26(16-32)42-30-24(39-6)14-19(31(34)35)15-25(30)40-7/h9-15,17,26-27,32-33H,8,16H2,1-7H3,(H,34,35)/t17-,26?,27?/m1/s1. The van der Waals surface area contributed by atoms with Crippen molar-refractivity contribution in [1.82, 2.24) is 0 Å². The Hall–Kier alpha value is -4.51. The molecule has 3 atom stereocenters. The molecule has 0 aromatic heterocycles. The summed E-state index contributed by atoms with van der Waals surface area (Å²) >= 11 is 0. The summed E-state index contributed by atoms with van der Waals surface area (Å²) in [5, 5.41) is 31.5. The lowest BCUT2D eigenvalue weighted by Crippen LogP contribution is -2.30. The van der Waals surface area contributed by atoms with Crippen molar-refractivity contribution in [3.63, 3.8) is 0 Å². The monoisotopic (exact) mass is 586 g/mol. The first kappa shape index (κ1) is 32.0. The van der Waals surface area contributed by atoms with Crippen molar-refractivity contribution in [3.05, 3.63) is 59.2 Å². The summed E-state index contributed by atoms with van der Waals surface area (Å²) in [6, 6.07) is 11.0. The second-order valence-electron chi connectivity index (χ2n) is 9.32. The van der Waals surface area contributed by atoms with E-state index in [4.69, 9.17) is 33.2 Å². The third-order valence-electron chi connectivity index (χ3n) is 6.85. The minimum absolute atomic E-state index is 0.0621. The van der Waals surface area contributed by atoms with Gasteiger partial charge in [0.1, 0.15) is 6.10 Å². The number of phenolic OH excluding ortho intramolecular Hbond substituents is 1. The van der Waals surface area contributed by atoms with Crippen LogP contribution < -0.4 is 33.2 Å². The first-order chi connectivity index (χ1) is 20.2. The molecular weight excluding hydrogens is 548 g/mol. The van der Waals surface area contributed by atoms with Crippen LogP contribution in [0.15, 0.2) is 42.5 Å². The van der Waals surface area contributed by atoms with Crippen LogP contribution in [0.4, 0.5) is 0 Å². The zero-order chi connectivity index (χ0) is 31.0. The summed E-state index contributed by atoms with van der Waals surface area (Å²) in [5.74, 6) is -0.625. The largest absolute Gasteiger partial charge is 0.504 e. The van der Waals surface area contributed by atoms with E-state index in [-0.39, 0.29) is 40.4 Å². The molecule has 11 heteroatoms. The molecule has 3 rings (SSSR count). The number of benzene rings is 3. The predicted molar refractivity (Wildman–Crippen MR) is 154 cm³/mol. The van der Waals surface area contributed by atoms with Crippen LogP contribution >= 0.6 is 0 Å². The highest BCUT2D eigenvalue weighted by Gasteiger charge is 2.34. The number of aliphatic hydroxyl groups is 1. The highest BCUT2D eigenvalue weighted by molar-refractivity contribution is 5.89. The molecule has 0 aliphatic carbocycles. The van der Waals surface area contributed by atoms with Gasteiger partial charge < -0.3 is 48.5 Å². The van der Waals surface area contributed by atoms with Gasteiger partial charge in [-0.3, -0.25) is 0 Å². The van der Waals surface area contributed by atoms with E-state index in [0.29, 0.717) is 28.4 Å². The van der Waals surface area contributed by atoms with Crippen LogP contribution in [0.25, 0.3) is 0 Å². The summed E-state index contributed by atoms with van der Waals surface area (Å²) < 4.78 is 40.0. The quantitative estimate of drug-likeness (QED) is 0.224. The van der Waals surface area contributed by atoms with E-state index in [1.165, 1.54) is 47.7 Å². The molecule has 0 bridgehead atoms. The Labute approximate surface area is 245 Å². The first-order valence-electron chi connectivity index (χ1n) is 13.2. The van der Waals surface area contributed by atoms with Crippen LogP contribution in [-0.4, -0.2) is 75.7 Å². The molecule has 0 radical (unpaired) electrons. The van der Waals surface area contributed by atoms with Crippen molar-refractivity contribution >= 4 is 5.97 Å². The van der Waals surface area contributed by atoms with Gasteiger partial charge in [-0.25, -0.2) is 4.79 Å². The Balaban J connectivity index is 2.29. The number of rotatable bonds is 15. The Morgan fingerprint density at radius 1 is 0.786 bits per heavy atom. The van der Waals surface area contributed by atoms with Gasteiger partial charge in [0.15, 0.2) is 34.5 Å². The number of carboxylic acid groups (broad SMARTS) is 1. The summed E-state index contributed by atoms with van der Waals surface area (Å²) in [6.45, 7) is 3.38. The highest BCUT2D eigenvalue weighted by atomic mass is 16.6. The molecule has 0 amide bonds. The van der Waals surface area contributed by atoms with Gasteiger partial charge in [-0.2, -0.15) is 0 Å². The lowest BCUT2D eigenvalue weighted by Gasteiger charge is -2.30. The number of aromatic hydroxyl groups is 1. The minimum atomic E-state index is -1.19. The molecule has 0 aliphatic rings. The number of ether oxygens (including phenoxy) is 7. The maximum absolute atomic E-state index is 11.7. The number of carboxylic acids is 1. The van der Waals surface area contributed by atoms with Gasteiger partial charge in [0, 0.05) is 5.56 Å². The topological polar surface area (TPSA) is 142 Å². The Morgan fingerprint density at radius 2 is 1.29 bits per heavy atom. The molecule has 0 heterocycles. The SMILES string of the molecule is CC[C@@H](C)Oc1c(OC)cc(C(c2cccc(OC)c2O)C(CO)Oc2c(OC)cc(C(=O)O)cc2OC)cc1OC. The fourth-order valence-electron chi connectivity index (χ4n) is 4.51. The van der Waals surface area contributed by atoms with Crippen LogP contribution in [0, 0.1) is 0 Å². The summed E-state index contributed by atoms with van der Waals surface area (Å²) in [4.78, 5) is 11.7. The highest BCUT2D eigenvalue weighted by Crippen LogP contribution is 2.48. The third-order valence-corrected chi connectivity index (χ3v) is 6.85. The van der Waals surface area contributed by atoms with Gasteiger partial charge in [-0.15, -0.1) is 0 Å². The van der Waals surface area contributed by atoms with Crippen molar-refractivity contribution in [2.24, 2.45) is 0 Å². The number of para-hydroxylation sites is 1. The minimum Gasteiger partial charge on any atom is -0.504 e. The van der Waals surface area contributed by atoms with Crippen LogP contribution in [-0.2, 0) is 0 Å². The normalized spacial score (nSPS) is 13.0. The van der Waals surface area contributed by atoms with Gasteiger partial charge in [0.25, 0.3) is 0 Å². The van der Waals surface area contributed by atoms with E-state index in [9.17, 15) is 20.1 Å². The molecule has 0 aliphatic heterocycles. The second-order valence-corrected chi connectivity index (χ2v) is 9.32. The average Bonchev–Trinajstić information content (AvgIpc) is 3.01. The maximum atomic E-state index is 11.7. The molecule has 0 saturated carbocycles. The van der Waals surface area contributed by atoms with E-state index >= 15 is 0 Å². The number of aromatic carboxylic acids is 1.